The van der Waals surface area contributed by atoms with Crippen LogP contribution in [0.1, 0.15) is 36.6 Å². The van der Waals surface area contributed by atoms with Gasteiger partial charge in [0.2, 0.25) is 5.91 Å². The predicted molar refractivity (Wildman–Crippen MR) is 80.1 cm³/mol. The molecule has 0 spiro atoms. The molecule has 5 nitrogen and oxygen atoms in total. The predicted octanol–water partition coefficient (Wildman–Crippen LogP) is 2.23. The van der Waals surface area contributed by atoms with Crippen molar-refractivity contribution in [3.05, 3.63) is 34.8 Å². The maximum absolute atomic E-state index is 13.1. The van der Waals surface area contributed by atoms with Gasteiger partial charge in [0, 0.05) is 24.2 Å². The first kappa shape index (κ1) is 13.0. The highest BCUT2D eigenvalue weighted by molar-refractivity contribution is 7.10. The van der Waals surface area contributed by atoms with Crippen molar-refractivity contribution in [2.24, 2.45) is 0 Å². The lowest BCUT2D eigenvalue weighted by atomic mass is 9.81. The van der Waals surface area contributed by atoms with Crippen LogP contribution in [0.15, 0.2) is 29.9 Å². The number of carbonyl (C=O) groups is 1. The summed E-state index contributed by atoms with van der Waals surface area (Å²) in [5, 5.41) is 9.95. The molecule has 2 aromatic rings. The summed E-state index contributed by atoms with van der Waals surface area (Å²) in [5.41, 5.74) is -0.249. The molecule has 0 bridgehead atoms. The molecule has 0 atom stereocenters. The molecule has 4 rings (SSSR count). The van der Waals surface area contributed by atoms with Crippen molar-refractivity contribution in [1.29, 1.82) is 0 Å². The second-order valence-electron chi connectivity index (χ2n) is 6.01. The Kier molecular flexibility index (Phi) is 3.06. The Hall–Kier alpha value is -1.69. The highest BCUT2D eigenvalue weighted by Gasteiger charge is 2.48. The molecule has 1 aliphatic carbocycles. The molecular weight excluding hydrogens is 284 g/mol. The van der Waals surface area contributed by atoms with Gasteiger partial charge in [0.1, 0.15) is 0 Å². The van der Waals surface area contributed by atoms with Crippen LogP contribution in [-0.2, 0) is 10.2 Å². The molecule has 0 unspecified atom stereocenters. The first-order chi connectivity index (χ1) is 10.3. The summed E-state index contributed by atoms with van der Waals surface area (Å²) in [7, 11) is 0. The largest absolute Gasteiger partial charge is 0.337 e. The number of likely N-dealkylation sites (tertiary alicyclic amines) is 1. The van der Waals surface area contributed by atoms with Crippen LogP contribution in [-0.4, -0.2) is 38.9 Å². The average molecular weight is 302 g/mol. The van der Waals surface area contributed by atoms with E-state index in [0.29, 0.717) is 11.9 Å². The number of aromatic nitrogens is 3. The lowest BCUT2D eigenvalue weighted by molar-refractivity contribution is -0.143. The molecule has 21 heavy (non-hydrogen) atoms. The summed E-state index contributed by atoms with van der Waals surface area (Å²) >= 11 is 1.72. The number of nitrogens with zero attached hydrogens (tertiary/aromatic N) is 4. The third-order valence-electron chi connectivity index (χ3n) is 4.82. The van der Waals surface area contributed by atoms with Gasteiger partial charge in [-0.25, -0.2) is 4.68 Å². The lowest BCUT2D eigenvalue weighted by Gasteiger charge is -2.43. The lowest BCUT2D eigenvalue weighted by Crippen LogP contribution is -2.56. The third-order valence-corrected chi connectivity index (χ3v) is 5.90. The highest BCUT2D eigenvalue weighted by atomic mass is 32.1. The molecule has 110 valence electrons. The normalized spacial score (nSPS) is 21.4. The SMILES string of the molecule is O=C(N1CC(n2ccnn2)C1)C1(c2cccs2)CCCC1. The maximum Gasteiger partial charge on any atom is 0.234 e. The monoisotopic (exact) mass is 302 g/mol. The molecule has 0 radical (unpaired) electrons. The fourth-order valence-corrected chi connectivity index (χ4v) is 4.58. The van der Waals surface area contributed by atoms with Gasteiger partial charge in [-0.15, -0.1) is 16.4 Å². The molecule has 3 heterocycles. The summed E-state index contributed by atoms with van der Waals surface area (Å²) in [6.07, 6.45) is 7.87. The van der Waals surface area contributed by atoms with Crippen molar-refractivity contribution in [3.8, 4) is 0 Å². The average Bonchev–Trinajstić information content (AvgIpc) is 3.19. The van der Waals surface area contributed by atoms with E-state index in [9.17, 15) is 4.79 Å². The Morgan fingerprint density at radius 1 is 1.33 bits per heavy atom. The zero-order chi connectivity index (χ0) is 14.3. The summed E-state index contributed by atoms with van der Waals surface area (Å²) in [6, 6.07) is 4.47. The van der Waals surface area contributed by atoms with E-state index in [1.54, 1.807) is 17.5 Å². The summed E-state index contributed by atoms with van der Waals surface area (Å²) in [6.45, 7) is 1.52. The Labute approximate surface area is 127 Å². The van der Waals surface area contributed by atoms with E-state index in [1.165, 1.54) is 4.88 Å². The van der Waals surface area contributed by atoms with Crippen LogP contribution >= 0.6 is 11.3 Å². The van der Waals surface area contributed by atoms with Crippen LogP contribution in [0.5, 0.6) is 0 Å². The van der Waals surface area contributed by atoms with Crippen LogP contribution < -0.4 is 0 Å². The fraction of sp³-hybridized carbons (Fsp3) is 0.533. The first-order valence-electron chi connectivity index (χ1n) is 7.49. The molecule has 2 aromatic heterocycles. The van der Waals surface area contributed by atoms with Crippen molar-refractivity contribution < 1.29 is 4.79 Å². The Balaban J connectivity index is 1.52. The van der Waals surface area contributed by atoms with E-state index in [0.717, 1.165) is 38.8 Å². The van der Waals surface area contributed by atoms with Gasteiger partial charge in [0.05, 0.1) is 17.7 Å². The van der Waals surface area contributed by atoms with Crippen molar-refractivity contribution in [3.63, 3.8) is 0 Å². The Morgan fingerprint density at radius 2 is 2.14 bits per heavy atom. The van der Waals surface area contributed by atoms with Crippen molar-refractivity contribution in [2.75, 3.05) is 13.1 Å². The van der Waals surface area contributed by atoms with Crippen LogP contribution in [0.4, 0.5) is 0 Å². The van der Waals surface area contributed by atoms with E-state index >= 15 is 0 Å². The molecule has 0 N–H and O–H groups in total. The number of hydrogen-bond acceptors (Lipinski definition) is 4. The number of hydrogen-bond donors (Lipinski definition) is 0. The van der Waals surface area contributed by atoms with E-state index < -0.39 is 0 Å². The Morgan fingerprint density at radius 3 is 2.76 bits per heavy atom. The van der Waals surface area contributed by atoms with E-state index in [1.807, 2.05) is 15.8 Å². The third kappa shape index (κ3) is 2.00. The number of carbonyl (C=O) groups excluding carboxylic acids is 1. The van der Waals surface area contributed by atoms with Crippen LogP contribution in [0.2, 0.25) is 0 Å². The number of amides is 1. The second-order valence-corrected chi connectivity index (χ2v) is 6.96. The van der Waals surface area contributed by atoms with Gasteiger partial charge in [-0.1, -0.05) is 24.1 Å². The second kappa shape index (κ2) is 4.94. The van der Waals surface area contributed by atoms with Crippen LogP contribution in [0.3, 0.4) is 0 Å². The van der Waals surface area contributed by atoms with Crippen molar-refractivity contribution in [1.82, 2.24) is 19.9 Å². The molecule has 2 fully saturated rings. The maximum atomic E-state index is 13.1. The topological polar surface area (TPSA) is 51.0 Å². The zero-order valence-electron chi connectivity index (χ0n) is 11.8. The minimum Gasteiger partial charge on any atom is -0.337 e. The van der Waals surface area contributed by atoms with Gasteiger partial charge in [-0.3, -0.25) is 4.79 Å². The minimum absolute atomic E-state index is 0.249. The molecule has 1 saturated carbocycles. The molecule has 1 amide bonds. The van der Waals surface area contributed by atoms with Gasteiger partial charge < -0.3 is 4.90 Å². The van der Waals surface area contributed by atoms with Gasteiger partial charge in [0.25, 0.3) is 0 Å². The quantitative estimate of drug-likeness (QED) is 0.873. The molecule has 1 saturated heterocycles. The first-order valence-corrected chi connectivity index (χ1v) is 8.37. The molecule has 1 aliphatic heterocycles. The number of thiophene rings is 1. The molecule has 6 heteroatoms. The van der Waals surface area contributed by atoms with Crippen molar-refractivity contribution in [2.45, 2.75) is 37.1 Å². The van der Waals surface area contributed by atoms with Gasteiger partial charge in [-0.05, 0) is 24.3 Å². The number of rotatable bonds is 3. The smallest absolute Gasteiger partial charge is 0.234 e. The van der Waals surface area contributed by atoms with Crippen molar-refractivity contribution >= 4 is 17.2 Å². The van der Waals surface area contributed by atoms with E-state index in [2.05, 4.69) is 27.8 Å². The van der Waals surface area contributed by atoms with Gasteiger partial charge >= 0.3 is 0 Å². The highest BCUT2D eigenvalue weighted by Crippen LogP contribution is 2.45. The summed E-state index contributed by atoms with van der Waals surface area (Å²) in [4.78, 5) is 16.3. The fourth-order valence-electron chi connectivity index (χ4n) is 3.60. The van der Waals surface area contributed by atoms with E-state index in [4.69, 9.17) is 0 Å². The molecular formula is C15H18N4OS. The Bertz CT molecular complexity index is 610. The van der Waals surface area contributed by atoms with Gasteiger partial charge in [-0.2, -0.15) is 0 Å². The van der Waals surface area contributed by atoms with Gasteiger partial charge in [0.15, 0.2) is 0 Å². The molecule has 0 aromatic carbocycles. The van der Waals surface area contributed by atoms with Crippen LogP contribution in [0.25, 0.3) is 0 Å². The van der Waals surface area contributed by atoms with E-state index in [-0.39, 0.29) is 5.41 Å². The summed E-state index contributed by atoms with van der Waals surface area (Å²) < 4.78 is 1.86. The minimum atomic E-state index is -0.249. The summed E-state index contributed by atoms with van der Waals surface area (Å²) in [5.74, 6) is 0.318. The molecule has 2 aliphatic rings. The zero-order valence-corrected chi connectivity index (χ0v) is 12.6. The van der Waals surface area contributed by atoms with Crippen LogP contribution in [0, 0.1) is 0 Å². The standard InChI is InChI=1S/C15H18N4OS/c20-14(18-10-12(11-18)19-8-7-16-17-19)15(5-1-2-6-15)13-4-3-9-21-13/h3-4,7-9,12H,1-2,5-6,10-11H2.